The van der Waals surface area contributed by atoms with Crippen molar-refractivity contribution in [2.24, 2.45) is 5.92 Å². The molecule has 2 aromatic rings. The molecule has 0 aliphatic heterocycles. The van der Waals surface area contributed by atoms with Gasteiger partial charge in [-0.3, -0.25) is 4.79 Å². The van der Waals surface area contributed by atoms with Crippen molar-refractivity contribution in [1.29, 1.82) is 5.26 Å². The number of anilines is 1. The van der Waals surface area contributed by atoms with Gasteiger partial charge in [0.25, 0.3) is 0 Å². The van der Waals surface area contributed by atoms with E-state index in [0.717, 1.165) is 11.1 Å². The minimum Gasteiger partial charge on any atom is -0.504 e. The largest absolute Gasteiger partial charge is 0.504 e. The molecule has 2 aromatic carbocycles. The summed E-state index contributed by atoms with van der Waals surface area (Å²) in [7, 11) is 1.45. The second kappa shape index (κ2) is 7.32. The van der Waals surface area contributed by atoms with Gasteiger partial charge in [-0.05, 0) is 43.2 Å². The molecule has 0 spiro atoms. The second-order valence-corrected chi connectivity index (χ2v) is 5.25. The van der Waals surface area contributed by atoms with Crippen LogP contribution in [0.25, 0.3) is 0 Å². The van der Waals surface area contributed by atoms with Gasteiger partial charge >= 0.3 is 0 Å². The molecule has 1 amide bonds. The minimum absolute atomic E-state index is 0.0221. The van der Waals surface area contributed by atoms with Crippen molar-refractivity contribution in [2.45, 2.75) is 13.3 Å². The molecular formula is C18H18N2O3. The molecule has 0 aromatic heterocycles. The first-order chi connectivity index (χ1) is 11.0. The van der Waals surface area contributed by atoms with Crippen LogP contribution in [0.4, 0.5) is 5.69 Å². The van der Waals surface area contributed by atoms with E-state index in [4.69, 9.17) is 4.74 Å². The van der Waals surface area contributed by atoms with Gasteiger partial charge in [-0.2, -0.15) is 5.26 Å². The van der Waals surface area contributed by atoms with Crippen LogP contribution in [0.2, 0.25) is 0 Å². The van der Waals surface area contributed by atoms with E-state index >= 15 is 0 Å². The Morgan fingerprint density at radius 2 is 2.00 bits per heavy atom. The molecule has 0 aliphatic carbocycles. The van der Waals surface area contributed by atoms with E-state index in [2.05, 4.69) is 5.32 Å². The smallest absolute Gasteiger partial charge is 0.242 e. The van der Waals surface area contributed by atoms with Crippen molar-refractivity contribution in [3.8, 4) is 17.6 Å². The summed E-state index contributed by atoms with van der Waals surface area (Å²) in [6.07, 6.45) is 0.241. The number of ether oxygens (including phenoxy) is 1. The van der Waals surface area contributed by atoms with Gasteiger partial charge in [0.05, 0.1) is 13.2 Å². The average molecular weight is 310 g/mol. The zero-order valence-corrected chi connectivity index (χ0v) is 13.0. The van der Waals surface area contributed by atoms with Gasteiger partial charge in [0.2, 0.25) is 5.91 Å². The number of hydrogen-bond donors (Lipinski definition) is 2. The highest BCUT2D eigenvalue weighted by molar-refractivity contribution is 5.94. The number of nitriles is 1. The molecule has 0 heterocycles. The number of nitrogens with one attached hydrogen (secondary N) is 1. The number of nitrogens with zero attached hydrogens (tertiary/aromatic N) is 1. The number of rotatable bonds is 5. The van der Waals surface area contributed by atoms with Crippen LogP contribution in [-0.2, 0) is 11.2 Å². The van der Waals surface area contributed by atoms with Crippen molar-refractivity contribution in [3.63, 3.8) is 0 Å². The lowest BCUT2D eigenvalue weighted by Crippen LogP contribution is -2.23. The van der Waals surface area contributed by atoms with Crippen LogP contribution in [0.15, 0.2) is 42.5 Å². The third kappa shape index (κ3) is 4.24. The molecule has 0 radical (unpaired) electrons. The van der Waals surface area contributed by atoms with E-state index in [0.29, 0.717) is 11.4 Å². The maximum atomic E-state index is 12.2. The number of phenolic OH excluding ortho intramolecular Hbond substituents is 1. The molecule has 23 heavy (non-hydrogen) atoms. The normalized spacial score (nSPS) is 11.3. The molecule has 5 heteroatoms. The van der Waals surface area contributed by atoms with Crippen LogP contribution in [0.3, 0.4) is 0 Å². The molecule has 118 valence electrons. The van der Waals surface area contributed by atoms with Crippen molar-refractivity contribution >= 4 is 11.6 Å². The summed E-state index contributed by atoms with van der Waals surface area (Å²) in [6.45, 7) is 1.96. The summed E-state index contributed by atoms with van der Waals surface area (Å²) < 4.78 is 5.03. The van der Waals surface area contributed by atoms with E-state index < -0.39 is 5.92 Å². The molecule has 0 fully saturated rings. The highest BCUT2D eigenvalue weighted by atomic mass is 16.5. The van der Waals surface area contributed by atoms with E-state index in [1.807, 2.05) is 25.1 Å². The first-order valence-electron chi connectivity index (χ1n) is 7.16. The zero-order valence-electron chi connectivity index (χ0n) is 13.0. The fourth-order valence-corrected chi connectivity index (χ4v) is 2.15. The standard InChI is InChI=1S/C18H18N2O3/c1-12-3-6-15(7-4-12)20-18(22)14(11-19)9-13-5-8-16(21)17(10-13)23-2/h3-8,10,14,21H,9H2,1-2H3,(H,20,22). The van der Waals surface area contributed by atoms with Crippen molar-refractivity contribution < 1.29 is 14.6 Å². The number of methoxy groups -OCH3 is 1. The molecule has 2 N–H and O–H groups in total. The fraction of sp³-hybridized carbons (Fsp3) is 0.222. The van der Waals surface area contributed by atoms with Gasteiger partial charge < -0.3 is 15.2 Å². The van der Waals surface area contributed by atoms with Crippen LogP contribution in [-0.4, -0.2) is 18.1 Å². The first-order valence-corrected chi connectivity index (χ1v) is 7.16. The van der Waals surface area contributed by atoms with Crippen LogP contribution < -0.4 is 10.1 Å². The average Bonchev–Trinajstić information content (AvgIpc) is 2.56. The van der Waals surface area contributed by atoms with Gasteiger partial charge in [-0.25, -0.2) is 0 Å². The Kier molecular flexibility index (Phi) is 5.21. The maximum Gasteiger partial charge on any atom is 0.242 e. The third-order valence-electron chi connectivity index (χ3n) is 3.48. The highest BCUT2D eigenvalue weighted by Gasteiger charge is 2.19. The molecule has 5 nitrogen and oxygen atoms in total. The summed E-state index contributed by atoms with van der Waals surface area (Å²) in [4.78, 5) is 12.2. The third-order valence-corrected chi connectivity index (χ3v) is 3.48. The first kappa shape index (κ1) is 16.4. The van der Waals surface area contributed by atoms with Gasteiger partial charge in [-0.1, -0.05) is 23.8 Å². The number of aryl methyl sites for hydroxylation is 1. The Morgan fingerprint density at radius 1 is 1.30 bits per heavy atom. The molecule has 1 unspecified atom stereocenters. The number of benzene rings is 2. The molecule has 0 saturated heterocycles. The summed E-state index contributed by atoms with van der Waals surface area (Å²) >= 11 is 0. The Bertz CT molecular complexity index is 733. The van der Waals surface area contributed by atoms with E-state index in [-0.39, 0.29) is 18.1 Å². The Hall–Kier alpha value is -3.00. The Balaban J connectivity index is 2.09. The summed E-state index contributed by atoms with van der Waals surface area (Å²) in [5.74, 6) is -0.846. The molecule has 0 aliphatic rings. The topological polar surface area (TPSA) is 82.3 Å². The van der Waals surface area contributed by atoms with E-state index in [9.17, 15) is 15.2 Å². The van der Waals surface area contributed by atoms with E-state index in [1.54, 1.807) is 24.3 Å². The maximum absolute atomic E-state index is 12.2. The number of aromatic hydroxyl groups is 1. The number of phenols is 1. The van der Waals surface area contributed by atoms with Gasteiger partial charge in [-0.15, -0.1) is 0 Å². The molecular weight excluding hydrogens is 292 g/mol. The zero-order chi connectivity index (χ0) is 16.8. The lowest BCUT2D eigenvalue weighted by Gasteiger charge is -2.12. The lowest BCUT2D eigenvalue weighted by molar-refractivity contribution is -0.118. The van der Waals surface area contributed by atoms with Gasteiger partial charge in [0, 0.05) is 5.69 Å². The van der Waals surface area contributed by atoms with Gasteiger partial charge in [0.1, 0.15) is 5.92 Å². The summed E-state index contributed by atoms with van der Waals surface area (Å²) in [6, 6.07) is 14.2. The highest BCUT2D eigenvalue weighted by Crippen LogP contribution is 2.27. The number of amides is 1. The molecule has 0 bridgehead atoms. The molecule has 1 atom stereocenters. The van der Waals surface area contributed by atoms with Gasteiger partial charge in [0.15, 0.2) is 11.5 Å². The van der Waals surface area contributed by atoms with E-state index in [1.165, 1.54) is 13.2 Å². The summed E-state index contributed by atoms with van der Waals surface area (Å²) in [5, 5.41) is 21.6. The Labute approximate surface area is 135 Å². The predicted molar refractivity (Wildman–Crippen MR) is 87.3 cm³/mol. The quantitative estimate of drug-likeness (QED) is 0.889. The van der Waals surface area contributed by atoms with Crippen molar-refractivity contribution in [3.05, 3.63) is 53.6 Å². The predicted octanol–water partition coefficient (Wildman–Crippen LogP) is 3.03. The molecule has 2 rings (SSSR count). The fourth-order valence-electron chi connectivity index (χ4n) is 2.15. The number of carbonyl (C=O) groups is 1. The van der Waals surface area contributed by atoms with Crippen LogP contribution >= 0.6 is 0 Å². The molecule has 0 saturated carbocycles. The SMILES string of the molecule is COc1cc(CC(C#N)C(=O)Nc2ccc(C)cc2)ccc1O. The van der Waals surface area contributed by atoms with Crippen LogP contribution in [0, 0.1) is 24.2 Å². The second-order valence-electron chi connectivity index (χ2n) is 5.25. The monoisotopic (exact) mass is 310 g/mol. The van der Waals surface area contributed by atoms with Crippen LogP contribution in [0.5, 0.6) is 11.5 Å². The van der Waals surface area contributed by atoms with Crippen molar-refractivity contribution in [2.75, 3.05) is 12.4 Å². The Morgan fingerprint density at radius 3 is 2.61 bits per heavy atom. The van der Waals surface area contributed by atoms with Crippen LogP contribution in [0.1, 0.15) is 11.1 Å². The minimum atomic E-state index is -0.828. The number of carbonyl (C=O) groups excluding carboxylic acids is 1. The number of hydrogen-bond acceptors (Lipinski definition) is 4. The lowest BCUT2D eigenvalue weighted by atomic mass is 9.99. The summed E-state index contributed by atoms with van der Waals surface area (Å²) in [5.41, 5.74) is 2.49. The van der Waals surface area contributed by atoms with Crippen molar-refractivity contribution in [1.82, 2.24) is 0 Å².